The number of nitrogens with one attached hydrogen (secondary N) is 1. The van der Waals surface area contributed by atoms with Crippen molar-refractivity contribution in [3.8, 4) is 0 Å². The molecule has 1 aromatic carbocycles. The van der Waals surface area contributed by atoms with E-state index < -0.39 is 24.7 Å². The molecule has 1 heterocycles. The maximum absolute atomic E-state index is 12.9. The molecule has 1 N–H and O–H groups in total. The van der Waals surface area contributed by atoms with Crippen molar-refractivity contribution in [2.45, 2.75) is 43.8 Å². The van der Waals surface area contributed by atoms with E-state index in [9.17, 15) is 13.6 Å². The SMILES string of the molecule is O=C1N(CC(F)F)C(c2cccc(Cl)c2)NC12CCCC2. The summed E-state index contributed by atoms with van der Waals surface area (Å²) in [6.45, 7) is -0.551. The molecular formula is C15H17ClF2N2O. The van der Waals surface area contributed by atoms with Crippen molar-refractivity contribution < 1.29 is 13.6 Å². The molecule has 6 heteroatoms. The van der Waals surface area contributed by atoms with Crippen LogP contribution in [-0.2, 0) is 4.79 Å². The molecule has 114 valence electrons. The molecule has 1 aliphatic carbocycles. The highest BCUT2D eigenvalue weighted by Gasteiger charge is 2.53. The van der Waals surface area contributed by atoms with Crippen LogP contribution in [0.5, 0.6) is 0 Å². The average molecular weight is 315 g/mol. The molecule has 0 aromatic heterocycles. The first-order chi connectivity index (χ1) is 10.0. The van der Waals surface area contributed by atoms with E-state index in [1.807, 2.05) is 6.07 Å². The van der Waals surface area contributed by atoms with Crippen LogP contribution in [0.3, 0.4) is 0 Å². The van der Waals surface area contributed by atoms with Crippen LogP contribution in [0.2, 0.25) is 5.02 Å². The predicted octanol–water partition coefficient (Wildman–Crippen LogP) is 3.35. The molecule has 1 amide bonds. The summed E-state index contributed by atoms with van der Waals surface area (Å²) in [6, 6.07) is 7.02. The summed E-state index contributed by atoms with van der Waals surface area (Å²) in [5.74, 6) is -0.203. The van der Waals surface area contributed by atoms with Gasteiger partial charge in [0.25, 0.3) is 6.43 Å². The van der Waals surface area contributed by atoms with E-state index in [-0.39, 0.29) is 5.91 Å². The molecule has 1 unspecified atom stereocenters. The predicted molar refractivity (Wildman–Crippen MR) is 76.2 cm³/mol. The summed E-state index contributed by atoms with van der Waals surface area (Å²) >= 11 is 5.98. The molecule has 21 heavy (non-hydrogen) atoms. The van der Waals surface area contributed by atoms with E-state index in [0.717, 1.165) is 18.4 Å². The normalized spacial score (nSPS) is 24.5. The summed E-state index contributed by atoms with van der Waals surface area (Å²) in [7, 11) is 0. The van der Waals surface area contributed by atoms with Crippen molar-refractivity contribution in [3.05, 3.63) is 34.9 Å². The summed E-state index contributed by atoms with van der Waals surface area (Å²) in [4.78, 5) is 13.9. The molecular weight excluding hydrogens is 298 g/mol. The third-order valence-electron chi connectivity index (χ3n) is 4.35. The molecule has 1 saturated heterocycles. The first-order valence-electron chi connectivity index (χ1n) is 7.14. The number of benzene rings is 1. The van der Waals surface area contributed by atoms with Crippen molar-refractivity contribution in [3.63, 3.8) is 0 Å². The highest BCUT2D eigenvalue weighted by Crippen LogP contribution is 2.41. The summed E-state index contributed by atoms with van der Waals surface area (Å²) in [5.41, 5.74) is 0.0854. The van der Waals surface area contributed by atoms with Crippen LogP contribution in [0.1, 0.15) is 37.4 Å². The van der Waals surface area contributed by atoms with E-state index in [0.29, 0.717) is 17.9 Å². The number of halogens is 3. The lowest BCUT2D eigenvalue weighted by atomic mass is 9.98. The second kappa shape index (κ2) is 5.54. The molecule has 0 radical (unpaired) electrons. The smallest absolute Gasteiger partial charge is 0.255 e. The molecule has 1 saturated carbocycles. The summed E-state index contributed by atoms with van der Waals surface area (Å²) < 4.78 is 25.7. The Labute approximate surface area is 127 Å². The number of amides is 1. The maximum atomic E-state index is 12.9. The zero-order valence-corrected chi connectivity index (χ0v) is 12.2. The molecule has 0 bridgehead atoms. The highest BCUT2D eigenvalue weighted by atomic mass is 35.5. The number of nitrogens with zero attached hydrogens (tertiary/aromatic N) is 1. The second-order valence-electron chi connectivity index (χ2n) is 5.74. The second-order valence-corrected chi connectivity index (χ2v) is 6.18. The van der Waals surface area contributed by atoms with Gasteiger partial charge in [0, 0.05) is 5.02 Å². The highest BCUT2D eigenvalue weighted by molar-refractivity contribution is 6.30. The van der Waals surface area contributed by atoms with E-state index in [4.69, 9.17) is 11.6 Å². The van der Waals surface area contributed by atoms with Crippen molar-refractivity contribution in [1.82, 2.24) is 10.2 Å². The van der Waals surface area contributed by atoms with Gasteiger partial charge in [-0.3, -0.25) is 10.1 Å². The Morgan fingerprint density at radius 3 is 2.71 bits per heavy atom. The minimum Gasteiger partial charge on any atom is -0.316 e. The topological polar surface area (TPSA) is 32.3 Å². The van der Waals surface area contributed by atoms with Gasteiger partial charge in [0.1, 0.15) is 6.17 Å². The lowest BCUT2D eigenvalue weighted by Gasteiger charge is -2.24. The van der Waals surface area contributed by atoms with Gasteiger partial charge in [0.15, 0.2) is 0 Å². The summed E-state index contributed by atoms with van der Waals surface area (Å²) in [6.07, 6.45) is 0.246. The van der Waals surface area contributed by atoms with Gasteiger partial charge in [-0.2, -0.15) is 0 Å². The van der Waals surface area contributed by atoms with Gasteiger partial charge in [-0.15, -0.1) is 0 Å². The zero-order chi connectivity index (χ0) is 15.0. The molecule has 1 atom stereocenters. The number of hydrogen-bond acceptors (Lipinski definition) is 2. The van der Waals surface area contributed by atoms with Gasteiger partial charge in [-0.25, -0.2) is 8.78 Å². The Morgan fingerprint density at radius 2 is 2.10 bits per heavy atom. The lowest BCUT2D eigenvalue weighted by molar-refractivity contribution is -0.135. The van der Waals surface area contributed by atoms with E-state index in [1.165, 1.54) is 4.90 Å². The first-order valence-corrected chi connectivity index (χ1v) is 7.52. The lowest BCUT2D eigenvalue weighted by Crippen LogP contribution is -2.44. The Kier molecular flexibility index (Phi) is 3.88. The standard InChI is InChI=1S/C15H17ClF2N2O/c16-11-5-3-4-10(8-11)13-19-15(6-1-2-7-15)14(21)20(13)9-12(17)18/h3-5,8,12-13,19H,1-2,6-7,9H2. The minimum absolute atomic E-state index is 0.203. The third kappa shape index (κ3) is 2.64. The molecule has 1 spiro atoms. The molecule has 2 aliphatic rings. The van der Waals surface area contributed by atoms with Crippen molar-refractivity contribution in [2.24, 2.45) is 0 Å². The van der Waals surface area contributed by atoms with Crippen molar-refractivity contribution >= 4 is 17.5 Å². The van der Waals surface area contributed by atoms with Crippen LogP contribution in [0.25, 0.3) is 0 Å². The zero-order valence-electron chi connectivity index (χ0n) is 11.5. The minimum atomic E-state index is -2.55. The van der Waals surface area contributed by atoms with Crippen LogP contribution in [-0.4, -0.2) is 29.3 Å². The van der Waals surface area contributed by atoms with Crippen LogP contribution in [0.15, 0.2) is 24.3 Å². The number of rotatable bonds is 3. The molecule has 2 fully saturated rings. The van der Waals surface area contributed by atoms with Crippen LogP contribution in [0, 0.1) is 0 Å². The van der Waals surface area contributed by atoms with E-state index in [1.54, 1.807) is 18.2 Å². The van der Waals surface area contributed by atoms with Crippen molar-refractivity contribution in [2.75, 3.05) is 6.54 Å². The average Bonchev–Trinajstić information content (AvgIpc) is 3.00. The Balaban J connectivity index is 1.94. The summed E-state index contributed by atoms with van der Waals surface area (Å²) in [5, 5.41) is 3.83. The fraction of sp³-hybridized carbons (Fsp3) is 0.533. The maximum Gasteiger partial charge on any atom is 0.255 e. The Bertz CT molecular complexity index is 546. The van der Waals surface area contributed by atoms with Gasteiger partial charge in [-0.1, -0.05) is 36.6 Å². The molecule has 1 aliphatic heterocycles. The van der Waals surface area contributed by atoms with E-state index in [2.05, 4.69) is 5.32 Å². The van der Waals surface area contributed by atoms with Gasteiger partial charge in [0.2, 0.25) is 5.91 Å². The third-order valence-corrected chi connectivity index (χ3v) is 4.59. The van der Waals surface area contributed by atoms with Gasteiger partial charge in [-0.05, 0) is 30.5 Å². The number of alkyl halides is 2. The van der Waals surface area contributed by atoms with Crippen LogP contribution >= 0.6 is 11.6 Å². The van der Waals surface area contributed by atoms with Gasteiger partial charge < -0.3 is 4.90 Å². The van der Waals surface area contributed by atoms with Gasteiger partial charge >= 0.3 is 0 Å². The van der Waals surface area contributed by atoms with Gasteiger partial charge in [0.05, 0.1) is 12.1 Å². The Hall–Kier alpha value is -1.20. The molecule has 3 nitrogen and oxygen atoms in total. The quantitative estimate of drug-likeness (QED) is 0.928. The van der Waals surface area contributed by atoms with Crippen LogP contribution < -0.4 is 5.32 Å². The largest absolute Gasteiger partial charge is 0.316 e. The molecule has 3 rings (SSSR count). The van der Waals surface area contributed by atoms with E-state index >= 15 is 0 Å². The fourth-order valence-electron chi connectivity index (χ4n) is 3.41. The van der Waals surface area contributed by atoms with Crippen molar-refractivity contribution in [1.29, 1.82) is 0 Å². The number of carbonyl (C=O) groups excluding carboxylic acids is 1. The number of hydrogen-bond donors (Lipinski definition) is 1. The monoisotopic (exact) mass is 314 g/mol. The van der Waals surface area contributed by atoms with Crippen LogP contribution in [0.4, 0.5) is 8.78 Å². The first kappa shape index (κ1) is 14.7. The number of carbonyl (C=O) groups is 1. The Morgan fingerprint density at radius 1 is 1.38 bits per heavy atom. The fourth-order valence-corrected chi connectivity index (χ4v) is 3.61. The molecule has 1 aromatic rings.